The lowest BCUT2D eigenvalue weighted by Gasteiger charge is -1.94. The maximum absolute atomic E-state index is 5.33. The Balaban J connectivity index is 1.80. The molecule has 0 saturated heterocycles. The predicted molar refractivity (Wildman–Crippen MR) is 65.0 cm³/mol. The molecule has 0 N–H and O–H groups in total. The van der Waals surface area contributed by atoms with Crippen LogP contribution in [0.15, 0.2) is 35.1 Å². The number of hydrogen-bond acceptors (Lipinski definition) is 4. The Morgan fingerprint density at radius 3 is 3.11 bits per heavy atom. The minimum absolute atomic E-state index is 0.449. The van der Waals surface area contributed by atoms with Gasteiger partial charge in [-0.3, -0.25) is 4.40 Å². The predicted octanol–water partition coefficient (Wildman–Crippen LogP) is 2.51. The molecule has 0 aromatic carbocycles. The van der Waals surface area contributed by atoms with Gasteiger partial charge in [0.05, 0.1) is 6.20 Å². The first-order valence-electron chi connectivity index (χ1n) is 6.09. The van der Waals surface area contributed by atoms with Crippen molar-refractivity contribution in [3.05, 3.63) is 36.5 Å². The molecule has 18 heavy (non-hydrogen) atoms. The van der Waals surface area contributed by atoms with E-state index in [-0.39, 0.29) is 0 Å². The molecule has 90 valence electrons. The van der Waals surface area contributed by atoms with Gasteiger partial charge in [0.2, 0.25) is 11.7 Å². The normalized spacial score (nSPS) is 22.5. The van der Waals surface area contributed by atoms with Crippen LogP contribution in [0.25, 0.3) is 17.2 Å². The van der Waals surface area contributed by atoms with Crippen LogP contribution in [0.1, 0.15) is 25.2 Å². The van der Waals surface area contributed by atoms with Crippen LogP contribution >= 0.6 is 0 Å². The number of hydrogen-bond donors (Lipinski definition) is 0. The molecule has 1 saturated carbocycles. The van der Waals surface area contributed by atoms with Crippen LogP contribution in [0.2, 0.25) is 0 Å². The van der Waals surface area contributed by atoms with E-state index in [1.165, 1.54) is 0 Å². The highest BCUT2D eigenvalue weighted by Crippen LogP contribution is 2.46. The van der Waals surface area contributed by atoms with Gasteiger partial charge < -0.3 is 4.52 Å². The molecule has 4 rings (SSSR count). The first kappa shape index (κ1) is 9.82. The molecular weight excluding hydrogens is 228 g/mol. The van der Waals surface area contributed by atoms with Crippen LogP contribution in [0.5, 0.6) is 0 Å². The van der Waals surface area contributed by atoms with Crippen molar-refractivity contribution in [2.45, 2.75) is 19.3 Å². The van der Waals surface area contributed by atoms with Crippen LogP contribution in [-0.4, -0.2) is 19.5 Å². The van der Waals surface area contributed by atoms with Crippen molar-refractivity contribution in [3.63, 3.8) is 0 Å². The van der Waals surface area contributed by atoms with Crippen LogP contribution in [0, 0.1) is 5.92 Å². The molecule has 3 aromatic heterocycles. The van der Waals surface area contributed by atoms with Gasteiger partial charge in [-0.25, -0.2) is 4.98 Å². The number of nitrogens with zero attached hydrogens (tertiary/aromatic N) is 4. The van der Waals surface area contributed by atoms with Crippen molar-refractivity contribution in [2.75, 3.05) is 0 Å². The number of imidazole rings is 1. The third-order valence-corrected chi connectivity index (χ3v) is 3.51. The molecule has 0 bridgehead atoms. The molecule has 1 fully saturated rings. The van der Waals surface area contributed by atoms with Crippen LogP contribution in [0.3, 0.4) is 0 Å². The Morgan fingerprint density at radius 2 is 2.28 bits per heavy atom. The van der Waals surface area contributed by atoms with Crippen molar-refractivity contribution in [1.29, 1.82) is 0 Å². The summed E-state index contributed by atoms with van der Waals surface area (Å²) in [6, 6.07) is 5.87. The van der Waals surface area contributed by atoms with Gasteiger partial charge in [-0.1, -0.05) is 18.1 Å². The zero-order chi connectivity index (χ0) is 12.1. The van der Waals surface area contributed by atoms with E-state index in [4.69, 9.17) is 4.52 Å². The standard InChI is InChI=1S/C13H12N4O/c1-8-6-9(8)13-15-12(16-18-13)10-7-14-11-4-2-3-5-17(10)11/h2-5,7-9H,6H2,1H3/t8-,9-/m0/s1. The van der Waals surface area contributed by atoms with E-state index >= 15 is 0 Å². The minimum Gasteiger partial charge on any atom is -0.339 e. The molecule has 0 aliphatic heterocycles. The lowest BCUT2D eigenvalue weighted by Crippen LogP contribution is -1.89. The van der Waals surface area contributed by atoms with Gasteiger partial charge in [0, 0.05) is 12.1 Å². The smallest absolute Gasteiger partial charge is 0.230 e. The second-order valence-corrected chi connectivity index (χ2v) is 4.85. The van der Waals surface area contributed by atoms with Crippen molar-refractivity contribution in [3.8, 4) is 11.5 Å². The fourth-order valence-electron chi connectivity index (χ4n) is 2.25. The zero-order valence-corrected chi connectivity index (χ0v) is 9.95. The highest BCUT2D eigenvalue weighted by atomic mass is 16.5. The summed E-state index contributed by atoms with van der Waals surface area (Å²) < 4.78 is 7.29. The van der Waals surface area contributed by atoms with Gasteiger partial charge >= 0.3 is 0 Å². The molecule has 1 aliphatic carbocycles. The second-order valence-electron chi connectivity index (χ2n) is 4.85. The lowest BCUT2D eigenvalue weighted by molar-refractivity contribution is 0.376. The quantitative estimate of drug-likeness (QED) is 0.690. The Hall–Kier alpha value is -2.17. The van der Waals surface area contributed by atoms with E-state index in [2.05, 4.69) is 22.0 Å². The van der Waals surface area contributed by atoms with Crippen LogP contribution in [0.4, 0.5) is 0 Å². The third-order valence-electron chi connectivity index (χ3n) is 3.51. The summed E-state index contributed by atoms with van der Waals surface area (Å²) in [4.78, 5) is 8.80. The monoisotopic (exact) mass is 240 g/mol. The molecule has 3 aromatic rings. The highest BCUT2D eigenvalue weighted by molar-refractivity contribution is 5.56. The van der Waals surface area contributed by atoms with E-state index in [0.717, 1.165) is 23.7 Å². The molecule has 1 aliphatic rings. The zero-order valence-electron chi connectivity index (χ0n) is 9.95. The number of aromatic nitrogens is 4. The van der Waals surface area contributed by atoms with Gasteiger partial charge in [-0.05, 0) is 24.5 Å². The summed E-state index contributed by atoms with van der Waals surface area (Å²) in [5.74, 6) is 2.48. The lowest BCUT2D eigenvalue weighted by atomic mass is 10.3. The Morgan fingerprint density at radius 1 is 1.39 bits per heavy atom. The summed E-state index contributed by atoms with van der Waals surface area (Å²) in [5, 5.41) is 4.06. The first-order chi connectivity index (χ1) is 8.83. The molecule has 0 radical (unpaired) electrons. The van der Waals surface area contributed by atoms with Crippen molar-refractivity contribution in [1.82, 2.24) is 19.5 Å². The van der Waals surface area contributed by atoms with E-state index in [1.807, 2.05) is 28.8 Å². The molecule has 0 spiro atoms. The molecule has 5 nitrogen and oxygen atoms in total. The first-order valence-corrected chi connectivity index (χ1v) is 6.09. The van der Waals surface area contributed by atoms with Crippen LogP contribution < -0.4 is 0 Å². The van der Waals surface area contributed by atoms with Crippen molar-refractivity contribution < 1.29 is 4.52 Å². The highest BCUT2D eigenvalue weighted by Gasteiger charge is 2.39. The van der Waals surface area contributed by atoms with E-state index < -0.39 is 0 Å². The largest absolute Gasteiger partial charge is 0.339 e. The van der Waals surface area contributed by atoms with E-state index in [9.17, 15) is 0 Å². The fourth-order valence-corrected chi connectivity index (χ4v) is 2.25. The molecule has 3 heterocycles. The Labute approximate surface area is 103 Å². The third kappa shape index (κ3) is 1.37. The number of fused-ring (bicyclic) bond motifs is 1. The Bertz CT molecular complexity index is 714. The number of rotatable bonds is 2. The average Bonchev–Trinajstić information content (AvgIpc) is 2.85. The summed E-state index contributed by atoms with van der Waals surface area (Å²) in [6.07, 6.45) is 4.88. The van der Waals surface area contributed by atoms with Gasteiger partial charge in [0.15, 0.2) is 0 Å². The second kappa shape index (κ2) is 3.41. The van der Waals surface area contributed by atoms with Gasteiger partial charge in [0.25, 0.3) is 0 Å². The number of pyridine rings is 1. The van der Waals surface area contributed by atoms with Crippen LogP contribution in [-0.2, 0) is 0 Å². The molecule has 0 amide bonds. The average molecular weight is 240 g/mol. The topological polar surface area (TPSA) is 56.2 Å². The van der Waals surface area contributed by atoms with E-state index in [1.54, 1.807) is 6.20 Å². The fraction of sp³-hybridized carbons (Fsp3) is 0.308. The van der Waals surface area contributed by atoms with E-state index in [0.29, 0.717) is 17.7 Å². The van der Waals surface area contributed by atoms with Gasteiger partial charge in [-0.15, -0.1) is 0 Å². The van der Waals surface area contributed by atoms with Crippen molar-refractivity contribution in [2.24, 2.45) is 5.92 Å². The summed E-state index contributed by atoms with van der Waals surface area (Å²) in [6.45, 7) is 2.20. The summed E-state index contributed by atoms with van der Waals surface area (Å²) in [7, 11) is 0. The van der Waals surface area contributed by atoms with Crippen molar-refractivity contribution >= 4 is 5.65 Å². The minimum atomic E-state index is 0.449. The molecule has 0 unspecified atom stereocenters. The summed E-state index contributed by atoms with van der Waals surface area (Å²) in [5.41, 5.74) is 1.76. The molecule has 5 heteroatoms. The van der Waals surface area contributed by atoms with Gasteiger partial charge in [-0.2, -0.15) is 4.98 Å². The van der Waals surface area contributed by atoms with Gasteiger partial charge in [0.1, 0.15) is 11.3 Å². The molecule has 2 atom stereocenters. The SMILES string of the molecule is C[C@H]1C[C@@H]1c1nc(-c2cnc3ccccn23)no1. The Kier molecular flexibility index (Phi) is 1.86. The maximum Gasteiger partial charge on any atom is 0.230 e. The molecular formula is C13H12N4O. The maximum atomic E-state index is 5.33. The summed E-state index contributed by atoms with van der Waals surface area (Å²) >= 11 is 0.